The molecule has 1 aliphatic carbocycles. The average Bonchev–Trinajstić information content (AvgIpc) is 2.38. The van der Waals surface area contributed by atoms with Crippen molar-refractivity contribution in [3.05, 3.63) is 0 Å². The molecule has 1 heterocycles. The highest BCUT2D eigenvalue weighted by Crippen LogP contribution is 2.23. The van der Waals surface area contributed by atoms with E-state index in [9.17, 15) is 4.79 Å². The molecule has 4 heteroatoms. The second kappa shape index (κ2) is 6.50. The first-order valence-electron chi connectivity index (χ1n) is 6.34. The largest absolute Gasteiger partial charge is 0.464 e. The van der Waals surface area contributed by atoms with Crippen LogP contribution in [-0.2, 0) is 9.53 Å². The third-order valence-electron chi connectivity index (χ3n) is 3.39. The molecule has 1 atom stereocenters. The molecule has 2 rings (SSSR count). The number of carbonyl (C=O) groups is 1. The van der Waals surface area contributed by atoms with Crippen molar-refractivity contribution in [2.24, 2.45) is 5.92 Å². The predicted octanol–water partition coefficient (Wildman–Crippen LogP) is 1.81. The number of rotatable bonds is 3. The van der Waals surface area contributed by atoms with E-state index in [1.165, 1.54) is 32.1 Å². The standard InChI is InChI=1S/C12H21NO2S/c14-12(11-9-16-7-6-13-11)15-8-10-4-2-1-3-5-10/h10-11,13H,1-9H2. The Morgan fingerprint density at radius 3 is 2.81 bits per heavy atom. The van der Waals surface area contributed by atoms with Gasteiger partial charge in [0.25, 0.3) is 0 Å². The predicted molar refractivity (Wildman–Crippen MR) is 66.6 cm³/mol. The lowest BCUT2D eigenvalue weighted by molar-refractivity contribution is -0.147. The zero-order valence-corrected chi connectivity index (χ0v) is 10.6. The first-order chi connectivity index (χ1) is 7.86. The van der Waals surface area contributed by atoms with E-state index in [-0.39, 0.29) is 12.0 Å². The molecule has 0 spiro atoms. The molecule has 0 aromatic heterocycles. The Morgan fingerprint density at radius 2 is 2.12 bits per heavy atom. The van der Waals surface area contributed by atoms with Crippen LogP contribution >= 0.6 is 11.8 Å². The molecule has 2 aliphatic rings. The lowest BCUT2D eigenvalue weighted by Crippen LogP contribution is -2.44. The molecule has 1 N–H and O–H groups in total. The quantitative estimate of drug-likeness (QED) is 0.767. The van der Waals surface area contributed by atoms with Crippen molar-refractivity contribution >= 4 is 17.7 Å². The third kappa shape index (κ3) is 3.67. The number of thioether (sulfide) groups is 1. The fraction of sp³-hybridized carbons (Fsp3) is 0.917. The zero-order valence-electron chi connectivity index (χ0n) is 9.74. The Bertz CT molecular complexity index is 223. The lowest BCUT2D eigenvalue weighted by Gasteiger charge is -2.24. The molecule has 1 unspecified atom stereocenters. The lowest BCUT2D eigenvalue weighted by atomic mass is 9.90. The Balaban J connectivity index is 1.65. The SMILES string of the molecule is O=C(OCC1CCCCC1)C1CSCCN1. The Kier molecular flexibility index (Phi) is 4.97. The van der Waals surface area contributed by atoms with E-state index < -0.39 is 0 Å². The van der Waals surface area contributed by atoms with E-state index in [1.54, 1.807) is 0 Å². The van der Waals surface area contributed by atoms with Crippen LogP contribution in [0, 0.1) is 5.92 Å². The van der Waals surface area contributed by atoms with Crippen molar-refractivity contribution in [2.75, 3.05) is 24.7 Å². The maximum absolute atomic E-state index is 11.7. The van der Waals surface area contributed by atoms with Gasteiger partial charge in [-0.2, -0.15) is 11.8 Å². The van der Waals surface area contributed by atoms with Crippen LogP contribution in [0.15, 0.2) is 0 Å². The summed E-state index contributed by atoms with van der Waals surface area (Å²) in [5, 5.41) is 3.21. The van der Waals surface area contributed by atoms with Crippen molar-refractivity contribution in [3.63, 3.8) is 0 Å². The van der Waals surface area contributed by atoms with Gasteiger partial charge in [-0.15, -0.1) is 0 Å². The first kappa shape index (κ1) is 12.2. The van der Waals surface area contributed by atoms with Crippen LogP contribution in [0.3, 0.4) is 0 Å². The van der Waals surface area contributed by atoms with Gasteiger partial charge >= 0.3 is 5.97 Å². The second-order valence-corrected chi connectivity index (χ2v) is 5.87. The molecule has 92 valence electrons. The maximum Gasteiger partial charge on any atom is 0.324 e. The fourth-order valence-electron chi connectivity index (χ4n) is 2.37. The molecule has 1 saturated carbocycles. The second-order valence-electron chi connectivity index (χ2n) is 4.72. The number of ether oxygens (including phenoxy) is 1. The summed E-state index contributed by atoms with van der Waals surface area (Å²) >= 11 is 1.83. The van der Waals surface area contributed by atoms with Gasteiger partial charge in [0.15, 0.2) is 0 Å². The molecule has 0 aromatic carbocycles. The number of hydrogen-bond donors (Lipinski definition) is 1. The van der Waals surface area contributed by atoms with Crippen molar-refractivity contribution in [2.45, 2.75) is 38.1 Å². The van der Waals surface area contributed by atoms with Gasteiger partial charge in [-0.1, -0.05) is 19.3 Å². The van der Waals surface area contributed by atoms with E-state index in [1.807, 2.05) is 11.8 Å². The highest BCUT2D eigenvalue weighted by atomic mass is 32.2. The summed E-state index contributed by atoms with van der Waals surface area (Å²) in [5.41, 5.74) is 0. The number of nitrogens with one attached hydrogen (secondary N) is 1. The summed E-state index contributed by atoms with van der Waals surface area (Å²) in [4.78, 5) is 11.7. The molecule has 2 fully saturated rings. The van der Waals surface area contributed by atoms with Crippen molar-refractivity contribution in [1.29, 1.82) is 0 Å². The monoisotopic (exact) mass is 243 g/mol. The van der Waals surface area contributed by atoms with Gasteiger partial charge in [0.2, 0.25) is 0 Å². The van der Waals surface area contributed by atoms with Gasteiger partial charge in [-0.25, -0.2) is 0 Å². The average molecular weight is 243 g/mol. The molecule has 0 bridgehead atoms. The molecule has 0 aromatic rings. The van der Waals surface area contributed by atoms with Gasteiger partial charge in [0.05, 0.1) is 6.61 Å². The molecule has 0 radical (unpaired) electrons. The van der Waals surface area contributed by atoms with Gasteiger partial charge in [0.1, 0.15) is 6.04 Å². The smallest absolute Gasteiger partial charge is 0.324 e. The van der Waals surface area contributed by atoms with Gasteiger partial charge < -0.3 is 10.1 Å². The minimum absolute atomic E-state index is 0.0437. The first-order valence-corrected chi connectivity index (χ1v) is 7.49. The van der Waals surface area contributed by atoms with Crippen LogP contribution in [0.1, 0.15) is 32.1 Å². The summed E-state index contributed by atoms with van der Waals surface area (Å²) in [6.07, 6.45) is 6.44. The molecule has 1 aliphatic heterocycles. The van der Waals surface area contributed by atoms with Crippen molar-refractivity contribution in [1.82, 2.24) is 5.32 Å². The Labute approximate surface area is 102 Å². The van der Waals surface area contributed by atoms with Crippen LogP contribution in [0.5, 0.6) is 0 Å². The van der Waals surface area contributed by atoms with Gasteiger partial charge in [-0.3, -0.25) is 4.79 Å². The summed E-state index contributed by atoms with van der Waals surface area (Å²) in [6.45, 7) is 1.57. The van der Waals surface area contributed by atoms with Gasteiger partial charge in [-0.05, 0) is 18.8 Å². The maximum atomic E-state index is 11.7. The summed E-state index contributed by atoms with van der Waals surface area (Å²) < 4.78 is 5.41. The van der Waals surface area contributed by atoms with Crippen molar-refractivity contribution < 1.29 is 9.53 Å². The minimum Gasteiger partial charge on any atom is -0.464 e. The number of carbonyl (C=O) groups excluding carboxylic acids is 1. The number of esters is 1. The minimum atomic E-state index is -0.0673. The third-order valence-corrected chi connectivity index (χ3v) is 4.45. The van der Waals surface area contributed by atoms with Crippen LogP contribution in [0.25, 0.3) is 0 Å². The molecule has 3 nitrogen and oxygen atoms in total. The van der Waals surface area contributed by atoms with Crippen LogP contribution in [0.2, 0.25) is 0 Å². The number of hydrogen-bond acceptors (Lipinski definition) is 4. The summed E-state index contributed by atoms with van der Waals surface area (Å²) in [7, 11) is 0. The van der Waals surface area contributed by atoms with E-state index in [0.29, 0.717) is 12.5 Å². The highest BCUT2D eigenvalue weighted by Gasteiger charge is 2.23. The topological polar surface area (TPSA) is 38.3 Å². The Morgan fingerprint density at radius 1 is 1.31 bits per heavy atom. The summed E-state index contributed by atoms with van der Waals surface area (Å²) in [6, 6.07) is -0.0673. The molecular weight excluding hydrogens is 222 g/mol. The fourth-order valence-corrected chi connectivity index (χ4v) is 3.29. The summed E-state index contributed by atoms with van der Waals surface area (Å²) in [5.74, 6) is 2.54. The normalized spacial score (nSPS) is 27.6. The van der Waals surface area contributed by atoms with E-state index in [2.05, 4.69) is 5.32 Å². The van der Waals surface area contributed by atoms with Crippen LogP contribution in [-0.4, -0.2) is 36.7 Å². The van der Waals surface area contributed by atoms with Crippen molar-refractivity contribution in [3.8, 4) is 0 Å². The van der Waals surface area contributed by atoms with Crippen LogP contribution in [0.4, 0.5) is 0 Å². The Hall–Kier alpha value is -0.220. The highest BCUT2D eigenvalue weighted by molar-refractivity contribution is 7.99. The zero-order chi connectivity index (χ0) is 11.2. The van der Waals surface area contributed by atoms with E-state index >= 15 is 0 Å². The molecule has 0 amide bonds. The molecular formula is C12H21NO2S. The van der Waals surface area contributed by atoms with E-state index in [0.717, 1.165) is 18.1 Å². The molecule has 16 heavy (non-hydrogen) atoms. The van der Waals surface area contributed by atoms with Crippen LogP contribution < -0.4 is 5.32 Å². The molecule has 1 saturated heterocycles. The van der Waals surface area contributed by atoms with Gasteiger partial charge in [0, 0.05) is 18.1 Å². The van der Waals surface area contributed by atoms with E-state index in [4.69, 9.17) is 4.74 Å².